The summed E-state index contributed by atoms with van der Waals surface area (Å²) < 4.78 is 6.18. The fraction of sp³-hybridized carbons (Fsp3) is 0.385. The van der Waals surface area contributed by atoms with Gasteiger partial charge in [0.15, 0.2) is 16.3 Å². The summed E-state index contributed by atoms with van der Waals surface area (Å²) >= 11 is 3.29. The van der Waals surface area contributed by atoms with Gasteiger partial charge in [0.1, 0.15) is 5.82 Å². The SMILES string of the molecule is CCNc1cc(C(C)C)nc(-c2ccc(Br)o2)n1. The van der Waals surface area contributed by atoms with Gasteiger partial charge in [0, 0.05) is 18.3 Å². The first-order valence-electron chi connectivity index (χ1n) is 5.98. The molecule has 5 heteroatoms. The first-order valence-corrected chi connectivity index (χ1v) is 6.78. The van der Waals surface area contributed by atoms with Gasteiger partial charge in [0.05, 0.1) is 0 Å². The fourth-order valence-electron chi connectivity index (χ4n) is 1.58. The largest absolute Gasteiger partial charge is 0.446 e. The number of hydrogen-bond donors (Lipinski definition) is 1. The van der Waals surface area contributed by atoms with E-state index in [1.165, 1.54) is 0 Å². The zero-order valence-corrected chi connectivity index (χ0v) is 12.3. The highest BCUT2D eigenvalue weighted by Crippen LogP contribution is 2.25. The first kappa shape index (κ1) is 13.1. The zero-order valence-electron chi connectivity index (χ0n) is 10.7. The lowest BCUT2D eigenvalue weighted by Crippen LogP contribution is -2.04. The van der Waals surface area contributed by atoms with Crippen LogP contribution in [0.2, 0.25) is 0 Å². The molecule has 0 unspecified atom stereocenters. The average molecular weight is 310 g/mol. The van der Waals surface area contributed by atoms with Crippen LogP contribution in [0.25, 0.3) is 11.6 Å². The molecule has 0 spiro atoms. The lowest BCUT2D eigenvalue weighted by atomic mass is 10.1. The maximum atomic E-state index is 5.50. The monoisotopic (exact) mass is 309 g/mol. The molecule has 18 heavy (non-hydrogen) atoms. The van der Waals surface area contributed by atoms with Gasteiger partial charge in [-0.15, -0.1) is 0 Å². The van der Waals surface area contributed by atoms with E-state index in [0.29, 0.717) is 22.2 Å². The zero-order chi connectivity index (χ0) is 13.1. The molecule has 0 aliphatic carbocycles. The Labute approximate surface area is 115 Å². The van der Waals surface area contributed by atoms with Crippen LogP contribution in [0.15, 0.2) is 27.3 Å². The molecule has 0 aromatic carbocycles. The van der Waals surface area contributed by atoms with E-state index in [4.69, 9.17) is 4.42 Å². The van der Waals surface area contributed by atoms with E-state index >= 15 is 0 Å². The van der Waals surface area contributed by atoms with Crippen LogP contribution in [0.4, 0.5) is 5.82 Å². The van der Waals surface area contributed by atoms with E-state index in [-0.39, 0.29) is 0 Å². The Balaban J connectivity index is 2.45. The minimum Gasteiger partial charge on any atom is -0.446 e. The highest BCUT2D eigenvalue weighted by molar-refractivity contribution is 9.10. The second-order valence-electron chi connectivity index (χ2n) is 4.29. The summed E-state index contributed by atoms with van der Waals surface area (Å²) in [6, 6.07) is 5.68. The molecule has 2 aromatic rings. The molecule has 1 N–H and O–H groups in total. The van der Waals surface area contributed by atoms with Gasteiger partial charge in [-0.2, -0.15) is 0 Å². The minimum absolute atomic E-state index is 0.350. The highest BCUT2D eigenvalue weighted by atomic mass is 79.9. The molecule has 0 amide bonds. The van der Waals surface area contributed by atoms with Gasteiger partial charge in [0.25, 0.3) is 0 Å². The summed E-state index contributed by atoms with van der Waals surface area (Å²) in [7, 11) is 0. The predicted octanol–water partition coefficient (Wildman–Crippen LogP) is 4.05. The van der Waals surface area contributed by atoms with Crippen molar-refractivity contribution in [3.05, 3.63) is 28.6 Å². The van der Waals surface area contributed by atoms with Crippen LogP contribution in [0.3, 0.4) is 0 Å². The van der Waals surface area contributed by atoms with Crippen molar-refractivity contribution in [2.24, 2.45) is 0 Å². The smallest absolute Gasteiger partial charge is 0.197 e. The van der Waals surface area contributed by atoms with Crippen molar-refractivity contribution in [3.8, 4) is 11.6 Å². The van der Waals surface area contributed by atoms with Crippen LogP contribution >= 0.6 is 15.9 Å². The number of anilines is 1. The third-order valence-electron chi connectivity index (χ3n) is 2.49. The van der Waals surface area contributed by atoms with Crippen LogP contribution in [-0.4, -0.2) is 16.5 Å². The summed E-state index contributed by atoms with van der Waals surface area (Å²) in [6.07, 6.45) is 0. The molecule has 0 bridgehead atoms. The van der Waals surface area contributed by atoms with Gasteiger partial charge < -0.3 is 9.73 Å². The molecule has 2 aromatic heterocycles. The number of rotatable bonds is 4. The molecule has 2 rings (SSSR count). The number of halogens is 1. The molecule has 0 fully saturated rings. The minimum atomic E-state index is 0.350. The quantitative estimate of drug-likeness (QED) is 0.925. The Bertz CT molecular complexity index is 537. The van der Waals surface area contributed by atoms with E-state index in [2.05, 4.69) is 45.1 Å². The van der Waals surface area contributed by atoms with Gasteiger partial charge in [-0.05, 0) is 40.9 Å². The Kier molecular flexibility index (Phi) is 4.01. The average Bonchev–Trinajstić information content (AvgIpc) is 2.76. The van der Waals surface area contributed by atoms with E-state index in [1.807, 2.05) is 25.1 Å². The Morgan fingerprint density at radius 2 is 2.11 bits per heavy atom. The Morgan fingerprint density at radius 3 is 2.67 bits per heavy atom. The lowest BCUT2D eigenvalue weighted by Gasteiger charge is -2.09. The molecule has 0 saturated carbocycles. The third kappa shape index (κ3) is 2.90. The third-order valence-corrected chi connectivity index (χ3v) is 2.92. The molecule has 0 saturated heterocycles. The van der Waals surface area contributed by atoms with Crippen molar-refractivity contribution in [2.75, 3.05) is 11.9 Å². The predicted molar refractivity (Wildman–Crippen MR) is 75.7 cm³/mol. The summed E-state index contributed by atoms with van der Waals surface area (Å²) in [6.45, 7) is 7.09. The van der Waals surface area contributed by atoms with Crippen LogP contribution in [0, 0.1) is 0 Å². The summed E-state index contributed by atoms with van der Waals surface area (Å²) in [5.41, 5.74) is 1.00. The second-order valence-corrected chi connectivity index (χ2v) is 5.07. The molecule has 2 heterocycles. The van der Waals surface area contributed by atoms with E-state index in [9.17, 15) is 0 Å². The number of aromatic nitrogens is 2. The summed E-state index contributed by atoms with van der Waals surface area (Å²) in [5.74, 6) is 2.47. The molecule has 0 aliphatic rings. The van der Waals surface area contributed by atoms with Gasteiger partial charge in [-0.25, -0.2) is 9.97 Å². The summed E-state index contributed by atoms with van der Waals surface area (Å²) in [5, 5.41) is 3.22. The van der Waals surface area contributed by atoms with Crippen LogP contribution in [-0.2, 0) is 0 Å². The van der Waals surface area contributed by atoms with Crippen LogP contribution in [0.1, 0.15) is 32.4 Å². The van der Waals surface area contributed by atoms with E-state index in [0.717, 1.165) is 18.1 Å². The first-order chi connectivity index (χ1) is 8.60. The number of nitrogens with zero attached hydrogens (tertiary/aromatic N) is 2. The van der Waals surface area contributed by atoms with Crippen molar-refractivity contribution in [1.29, 1.82) is 0 Å². The molecular formula is C13H16BrN3O. The summed E-state index contributed by atoms with van der Waals surface area (Å²) in [4.78, 5) is 8.99. The lowest BCUT2D eigenvalue weighted by molar-refractivity contribution is 0.550. The normalized spacial score (nSPS) is 10.9. The van der Waals surface area contributed by atoms with Gasteiger partial charge in [-0.1, -0.05) is 13.8 Å². The van der Waals surface area contributed by atoms with Crippen molar-refractivity contribution in [3.63, 3.8) is 0 Å². The van der Waals surface area contributed by atoms with Crippen molar-refractivity contribution < 1.29 is 4.42 Å². The molecule has 96 valence electrons. The molecular weight excluding hydrogens is 294 g/mol. The molecule has 0 radical (unpaired) electrons. The number of hydrogen-bond acceptors (Lipinski definition) is 4. The topological polar surface area (TPSA) is 51.0 Å². The second kappa shape index (κ2) is 5.52. The molecule has 0 atom stereocenters. The van der Waals surface area contributed by atoms with E-state index < -0.39 is 0 Å². The number of nitrogens with one attached hydrogen (secondary N) is 1. The van der Waals surface area contributed by atoms with Crippen molar-refractivity contribution >= 4 is 21.7 Å². The van der Waals surface area contributed by atoms with Crippen LogP contribution < -0.4 is 5.32 Å². The standard InChI is InChI=1S/C13H16BrN3O/c1-4-15-12-7-9(8(2)3)16-13(17-12)10-5-6-11(14)18-10/h5-8H,4H2,1-3H3,(H,15,16,17). The number of furan rings is 1. The van der Waals surface area contributed by atoms with Gasteiger partial charge in [-0.3, -0.25) is 0 Å². The van der Waals surface area contributed by atoms with Crippen LogP contribution in [0.5, 0.6) is 0 Å². The van der Waals surface area contributed by atoms with E-state index in [1.54, 1.807) is 0 Å². The van der Waals surface area contributed by atoms with Crippen molar-refractivity contribution in [2.45, 2.75) is 26.7 Å². The molecule has 4 nitrogen and oxygen atoms in total. The maximum Gasteiger partial charge on any atom is 0.197 e. The Morgan fingerprint density at radius 1 is 1.33 bits per heavy atom. The molecule has 0 aliphatic heterocycles. The van der Waals surface area contributed by atoms with Crippen molar-refractivity contribution in [1.82, 2.24) is 9.97 Å². The van der Waals surface area contributed by atoms with Gasteiger partial charge >= 0.3 is 0 Å². The highest BCUT2D eigenvalue weighted by Gasteiger charge is 2.11. The maximum absolute atomic E-state index is 5.50. The Hall–Kier alpha value is -1.36. The van der Waals surface area contributed by atoms with Gasteiger partial charge in [0.2, 0.25) is 0 Å². The fourth-order valence-corrected chi connectivity index (χ4v) is 1.88.